The molecule has 1 N–H and O–H groups in total. The van der Waals surface area contributed by atoms with Crippen LogP contribution in [-0.4, -0.2) is 21.0 Å². The fourth-order valence-corrected chi connectivity index (χ4v) is 2.32. The van der Waals surface area contributed by atoms with Gasteiger partial charge in [0.1, 0.15) is 5.82 Å². The Morgan fingerprint density at radius 3 is 2.88 bits per heavy atom. The molecule has 1 unspecified atom stereocenters. The van der Waals surface area contributed by atoms with E-state index in [0.717, 1.165) is 5.69 Å². The van der Waals surface area contributed by atoms with E-state index < -0.39 is 11.9 Å². The van der Waals surface area contributed by atoms with Crippen molar-refractivity contribution in [3.8, 4) is 0 Å². The van der Waals surface area contributed by atoms with Crippen molar-refractivity contribution < 1.29 is 9.90 Å². The molecule has 0 amide bonds. The van der Waals surface area contributed by atoms with Crippen molar-refractivity contribution in [1.82, 2.24) is 9.97 Å². The van der Waals surface area contributed by atoms with E-state index in [0.29, 0.717) is 18.2 Å². The molecule has 1 atom stereocenters. The third-order valence-electron chi connectivity index (χ3n) is 3.41. The van der Waals surface area contributed by atoms with Gasteiger partial charge in [-0.05, 0) is 18.9 Å². The van der Waals surface area contributed by atoms with Gasteiger partial charge in [0.05, 0.1) is 5.92 Å². The van der Waals surface area contributed by atoms with E-state index in [9.17, 15) is 4.79 Å². The Balaban J connectivity index is 2.08. The second-order valence-electron chi connectivity index (χ2n) is 4.82. The summed E-state index contributed by atoms with van der Waals surface area (Å²) >= 11 is 0. The van der Waals surface area contributed by atoms with E-state index >= 15 is 0 Å². The summed E-state index contributed by atoms with van der Waals surface area (Å²) in [5.74, 6) is -0.00474. The minimum atomic E-state index is -0.792. The molecule has 0 saturated heterocycles. The monoisotopic (exact) mass is 234 g/mol. The minimum absolute atomic E-state index is 0.413. The number of hydrogen-bond acceptors (Lipinski definition) is 3. The van der Waals surface area contributed by atoms with Crippen LogP contribution in [0, 0.1) is 5.92 Å². The first-order chi connectivity index (χ1) is 8.16. The third-order valence-corrected chi connectivity index (χ3v) is 3.41. The van der Waals surface area contributed by atoms with Crippen molar-refractivity contribution in [2.75, 3.05) is 0 Å². The summed E-state index contributed by atoms with van der Waals surface area (Å²) < 4.78 is 0. The number of carboxylic acid groups (broad SMARTS) is 1. The molecule has 1 aromatic heterocycles. The van der Waals surface area contributed by atoms with Crippen LogP contribution in [0.25, 0.3) is 0 Å². The quantitative estimate of drug-likeness (QED) is 0.868. The van der Waals surface area contributed by atoms with Crippen molar-refractivity contribution in [3.63, 3.8) is 0 Å². The predicted octanol–water partition coefficient (Wildman–Crippen LogP) is 2.40. The van der Waals surface area contributed by atoms with Crippen LogP contribution in [0.4, 0.5) is 0 Å². The topological polar surface area (TPSA) is 63.1 Å². The van der Waals surface area contributed by atoms with Gasteiger partial charge in [0.2, 0.25) is 0 Å². The maximum Gasteiger partial charge on any atom is 0.306 e. The number of aromatic nitrogens is 2. The predicted molar refractivity (Wildman–Crippen MR) is 63.7 cm³/mol. The lowest BCUT2D eigenvalue weighted by molar-refractivity contribution is -0.141. The molecule has 0 spiro atoms. The zero-order chi connectivity index (χ0) is 12.3. The lowest BCUT2D eigenvalue weighted by atomic mass is 10.0. The lowest BCUT2D eigenvalue weighted by Crippen LogP contribution is -2.14. The Labute approximate surface area is 101 Å². The van der Waals surface area contributed by atoms with Gasteiger partial charge in [0.15, 0.2) is 0 Å². The zero-order valence-corrected chi connectivity index (χ0v) is 10.1. The second-order valence-corrected chi connectivity index (χ2v) is 4.82. The summed E-state index contributed by atoms with van der Waals surface area (Å²) in [5, 5.41) is 8.87. The highest BCUT2D eigenvalue weighted by molar-refractivity contribution is 5.69. The van der Waals surface area contributed by atoms with Gasteiger partial charge >= 0.3 is 5.97 Å². The van der Waals surface area contributed by atoms with E-state index in [1.165, 1.54) is 25.7 Å². The number of aliphatic carboxylic acids is 1. The van der Waals surface area contributed by atoms with Crippen molar-refractivity contribution in [2.45, 2.75) is 44.9 Å². The summed E-state index contributed by atoms with van der Waals surface area (Å²) in [7, 11) is 0. The van der Waals surface area contributed by atoms with Crippen LogP contribution in [0.3, 0.4) is 0 Å². The van der Waals surface area contributed by atoms with Crippen LogP contribution in [0.1, 0.15) is 50.0 Å². The highest BCUT2D eigenvalue weighted by atomic mass is 16.4. The fraction of sp³-hybridized carbons (Fsp3) is 0.615. The summed E-state index contributed by atoms with van der Waals surface area (Å²) in [6.07, 6.45) is 7.11. The molecule has 17 heavy (non-hydrogen) atoms. The Morgan fingerprint density at radius 1 is 1.53 bits per heavy atom. The molecule has 0 aliphatic heterocycles. The highest BCUT2D eigenvalue weighted by Gasteiger charge is 2.19. The van der Waals surface area contributed by atoms with Gasteiger partial charge in [-0.1, -0.05) is 19.8 Å². The van der Waals surface area contributed by atoms with Gasteiger partial charge in [0, 0.05) is 24.2 Å². The van der Waals surface area contributed by atoms with Gasteiger partial charge in [-0.15, -0.1) is 0 Å². The van der Waals surface area contributed by atoms with Crippen LogP contribution in [0.5, 0.6) is 0 Å². The number of carbonyl (C=O) groups is 1. The van der Waals surface area contributed by atoms with Crippen molar-refractivity contribution >= 4 is 5.97 Å². The zero-order valence-electron chi connectivity index (χ0n) is 10.1. The summed E-state index contributed by atoms with van der Waals surface area (Å²) in [5.41, 5.74) is 1.09. The normalized spacial score (nSPS) is 18.2. The Kier molecular flexibility index (Phi) is 3.71. The van der Waals surface area contributed by atoms with Gasteiger partial charge in [-0.2, -0.15) is 0 Å². The Hall–Kier alpha value is -1.45. The average Bonchev–Trinajstić information content (AvgIpc) is 2.82. The largest absolute Gasteiger partial charge is 0.481 e. The van der Waals surface area contributed by atoms with Gasteiger partial charge in [-0.3, -0.25) is 4.79 Å². The molecular weight excluding hydrogens is 216 g/mol. The fourth-order valence-electron chi connectivity index (χ4n) is 2.32. The SMILES string of the molecule is CC(Cc1nccc(C2CCCC2)n1)C(=O)O. The van der Waals surface area contributed by atoms with Crippen LogP contribution < -0.4 is 0 Å². The van der Waals surface area contributed by atoms with Crippen LogP contribution in [-0.2, 0) is 11.2 Å². The average molecular weight is 234 g/mol. The number of carboxylic acids is 1. The summed E-state index contributed by atoms with van der Waals surface area (Å²) in [4.78, 5) is 19.5. The van der Waals surface area contributed by atoms with Crippen molar-refractivity contribution in [2.24, 2.45) is 5.92 Å². The summed E-state index contributed by atoms with van der Waals surface area (Å²) in [6.45, 7) is 1.69. The Morgan fingerprint density at radius 2 is 2.24 bits per heavy atom. The molecule has 1 saturated carbocycles. The molecule has 1 aliphatic carbocycles. The molecule has 2 rings (SSSR count). The molecule has 4 nitrogen and oxygen atoms in total. The number of hydrogen-bond donors (Lipinski definition) is 1. The van der Waals surface area contributed by atoms with E-state index in [2.05, 4.69) is 9.97 Å². The minimum Gasteiger partial charge on any atom is -0.481 e. The standard InChI is InChI=1S/C13H18N2O2/c1-9(13(16)17)8-12-14-7-6-11(15-12)10-4-2-3-5-10/h6-7,9-10H,2-5,8H2,1H3,(H,16,17). The molecule has 92 valence electrons. The molecular formula is C13H18N2O2. The van der Waals surface area contributed by atoms with Crippen LogP contribution in [0.15, 0.2) is 12.3 Å². The molecule has 0 radical (unpaired) electrons. The van der Waals surface area contributed by atoms with E-state index in [1.807, 2.05) is 6.07 Å². The summed E-state index contributed by atoms with van der Waals surface area (Å²) in [6, 6.07) is 1.96. The maximum atomic E-state index is 10.8. The smallest absolute Gasteiger partial charge is 0.306 e. The first-order valence-corrected chi connectivity index (χ1v) is 6.21. The molecule has 1 aliphatic rings. The van der Waals surface area contributed by atoms with Gasteiger partial charge in [0.25, 0.3) is 0 Å². The molecule has 0 bridgehead atoms. The van der Waals surface area contributed by atoms with Gasteiger partial charge < -0.3 is 5.11 Å². The molecule has 4 heteroatoms. The number of rotatable bonds is 4. The van der Waals surface area contributed by atoms with Crippen molar-refractivity contribution in [3.05, 3.63) is 23.8 Å². The maximum absolute atomic E-state index is 10.8. The van der Waals surface area contributed by atoms with Crippen LogP contribution in [0.2, 0.25) is 0 Å². The van der Waals surface area contributed by atoms with E-state index in [4.69, 9.17) is 5.11 Å². The first-order valence-electron chi connectivity index (χ1n) is 6.21. The highest BCUT2D eigenvalue weighted by Crippen LogP contribution is 2.32. The Bertz CT molecular complexity index is 400. The van der Waals surface area contributed by atoms with Gasteiger partial charge in [-0.25, -0.2) is 9.97 Å². The van der Waals surface area contributed by atoms with Crippen LogP contribution >= 0.6 is 0 Å². The van der Waals surface area contributed by atoms with E-state index in [1.54, 1.807) is 13.1 Å². The molecule has 1 aromatic rings. The second kappa shape index (κ2) is 5.25. The number of nitrogens with zero attached hydrogens (tertiary/aromatic N) is 2. The first kappa shape index (κ1) is 12.0. The third kappa shape index (κ3) is 3.02. The molecule has 0 aromatic carbocycles. The van der Waals surface area contributed by atoms with Crippen molar-refractivity contribution in [1.29, 1.82) is 0 Å². The molecule has 1 heterocycles. The van der Waals surface area contributed by atoms with E-state index in [-0.39, 0.29) is 0 Å². The lowest BCUT2D eigenvalue weighted by Gasteiger charge is -2.10. The molecule has 1 fully saturated rings.